The van der Waals surface area contributed by atoms with E-state index in [1.165, 1.54) is 13.8 Å². The molecule has 2 N–H and O–H groups in total. The van der Waals surface area contributed by atoms with Gasteiger partial charge in [0.2, 0.25) is 11.8 Å². The molecule has 0 radical (unpaired) electrons. The van der Waals surface area contributed by atoms with Gasteiger partial charge in [-0.1, -0.05) is 80.8 Å². The normalized spacial score (nSPS) is 14.2. The number of amides is 4. The van der Waals surface area contributed by atoms with Gasteiger partial charge in [0.1, 0.15) is 6.61 Å². The van der Waals surface area contributed by atoms with Gasteiger partial charge in [-0.15, -0.1) is 5.06 Å². The maximum absolute atomic E-state index is 13.8. The number of ether oxygens (including phenoxy) is 1. The zero-order chi connectivity index (χ0) is 38.0. The van der Waals surface area contributed by atoms with Crippen LogP contribution >= 0.6 is 0 Å². The third kappa shape index (κ3) is 14.2. The first kappa shape index (κ1) is 41.2. The Morgan fingerprint density at radius 2 is 1.44 bits per heavy atom. The van der Waals surface area contributed by atoms with Crippen LogP contribution in [0.2, 0.25) is 0 Å². The molecule has 3 atom stereocenters. The van der Waals surface area contributed by atoms with E-state index in [-0.39, 0.29) is 75.5 Å². The highest BCUT2D eigenvalue weighted by molar-refractivity contribution is 6.01. The van der Waals surface area contributed by atoms with Crippen molar-refractivity contribution in [2.45, 2.75) is 117 Å². The van der Waals surface area contributed by atoms with Crippen molar-refractivity contribution in [1.82, 2.24) is 15.7 Å². The Balaban J connectivity index is 1.61. The van der Waals surface area contributed by atoms with Crippen LogP contribution in [-0.4, -0.2) is 64.3 Å². The van der Waals surface area contributed by atoms with Crippen molar-refractivity contribution in [1.29, 1.82) is 0 Å². The first-order valence-electron chi connectivity index (χ1n) is 17.8. The van der Waals surface area contributed by atoms with Gasteiger partial charge in [-0.2, -0.15) is 0 Å². The van der Waals surface area contributed by atoms with Crippen molar-refractivity contribution in [3.05, 3.63) is 71.3 Å². The SMILES string of the molecule is CCCCC[C@H](NC(=O)[C@@H](CC(=O)[C@@H](C)NC(=O)CCCC(=O)ON1C(=O)CCC1=O)Cc1ccccc1)C(=O)Cc1ccc(COC(C)=O)cc1. The Kier molecular flexibility index (Phi) is 16.8. The number of imide groups is 1. The molecular weight excluding hydrogens is 670 g/mol. The highest BCUT2D eigenvalue weighted by Crippen LogP contribution is 2.18. The minimum atomic E-state index is -0.934. The van der Waals surface area contributed by atoms with E-state index in [0.29, 0.717) is 11.5 Å². The summed E-state index contributed by atoms with van der Waals surface area (Å²) in [5, 5.41) is 6.01. The molecule has 3 rings (SSSR count). The van der Waals surface area contributed by atoms with Crippen LogP contribution in [0.1, 0.15) is 102 Å². The predicted molar refractivity (Wildman–Crippen MR) is 189 cm³/mol. The fourth-order valence-electron chi connectivity index (χ4n) is 5.63. The van der Waals surface area contributed by atoms with Crippen molar-refractivity contribution >= 4 is 47.1 Å². The molecule has 280 valence electrons. The molecule has 4 amide bonds. The summed E-state index contributed by atoms with van der Waals surface area (Å²) in [6.07, 6.45) is 2.80. The molecular formula is C39H49N3O10. The van der Waals surface area contributed by atoms with Crippen LogP contribution in [-0.2, 0) is 67.4 Å². The van der Waals surface area contributed by atoms with E-state index in [2.05, 4.69) is 10.6 Å². The van der Waals surface area contributed by atoms with E-state index in [1.807, 2.05) is 37.3 Å². The van der Waals surface area contributed by atoms with Crippen molar-refractivity contribution in [2.24, 2.45) is 5.92 Å². The molecule has 1 fully saturated rings. The highest BCUT2D eigenvalue weighted by atomic mass is 16.7. The summed E-state index contributed by atoms with van der Waals surface area (Å²) in [6, 6.07) is 14.7. The van der Waals surface area contributed by atoms with Crippen molar-refractivity contribution in [3.63, 3.8) is 0 Å². The number of ketones is 2. The fraction of sp³-hybridized carbons (Fsp3) is 0.487. The first-order chi connectivity index (χ1) is 24.9. The number of esters is 1. The molecule has 2 aromatic rings. The molecule has 0 saturated carbocycles. The third-order valence-corrected chi connectivity index (χ3v) is 8.63. The summed E-state index contributed by atoms with van der Waals surface area (Å²) in [4.78, 5) is 105. The lowest BCUT2D eigenvalue weighted by molar-refractivity contribution is -0.197. The van der Waals surface area contributed by atoms with Gasteiger partial charge in [-0.3, -0.25) is 33.6 Å². The monoisotopic (exact) mass is 719 g/mol. The molecule has 13 nitrogen and oxygen atoms in total. The predicted octanol–water partition coefficient (Wildman–Crippen LogP) is 4.03. The average Bonchev–Trinajstić information content (AvgIpc) is 3.42. The van der Waals surface area contributed by atoms with Crippen LogP contribution in [0.15, 0.2) is 54.6 Å². The molecule has 0 aromatic heterocycles. The second-order valence-electron chi connectivity index (χ2n) is 13.0. The Bertz CT molecular complexity index is 1560. The number of hydroxylamine groups is 2. The minimum Gasteiger partial charge on any atom is -0.461 e. The highest BCUT2D eigenvalue weighted by Gasteiger charge is 2.33. The summed E-state index contributed by atoms with van der Waals surface area (Å²) in [5.74, 6) is -4.69. The van der Waals surface area contributed by atoms with Crippen molar-refractivity contribution < 1.29 is 47.9 Å². The van der Waals surface area contributed by atoms with Gasteiger partial charge in [0, 0.05) is 51.4 Å². The van der Waals surface area contributed by atoms with Gasteiger partial charge in [0.15, 0.2) is 11.6 Å². The van der Waals surface area contributed by atoms with Gasteiger partial charge in [-0.05, 0) is 42.9 Å². The quantitative estimate of drug-likeness (QED) is 0.102. The van der Waals surface area contributed by atoms with Crippen LogP contribution in [0.4, 0.5) is 0 Å². The lowest BCUT2D eigenvalue weighted by Crippen LogP contribution is -2.46. The van der Waals surface area contributed by atoms with E-state index in [4.69, 9.17) is 9.57 Å². The van der Waals surface area contributed by atoms with Gasteiger partial charge in [-0.25, -0.2) is 4.79 Å². The standard InChI is InChI=1S/C39H49N3O10/c1-4-5-7-13-32(34(45)23-29-16-18-30(19-17-29)25-51-27(3)43)41-39(50)31(22-28-11-8-6-9-12-28)24-33(44)26(2)40-35(46)14-10-15-38(49)52-42-36(47)20-21-37(42)48/h6,8-9,11-12,16-19,26,31-32H,4-5,7,10,13-15,20-25H2,1-3H3,(H,40,46)(H,41,50)/t26-,31-,32+/m1/s1. The van der Waals surface area contributed by atoms with Gasteiger partial charge < -0.3 is 20.2 Å². The number of hydrogen-bond donors (Lipinski definition) is 2. The second-order valence-corrected chi connectivity index (χ2v) is 13.0. The molecule has 1 aliphatic rings. The number of hydrogen-bond acceptors (Lipinski definition) is 10. The van der Waals surface area contributed by atoms with Gasteiger partial charge >= 0.3 is 11.9 Å². The molecule has 1 heterocycles. The Labute approximate surface area is 304 Å². The number of Topliss-reactive ketones (excluding diaryl/α,β-unsaturated/α-hetero) is 2. The summed E-state index contributed by atoms with van der Waals surface area (Å²) in [5.41, 5.74) is 2.37. The molecule has 0 spiro atoms. The molecule has 2 aromatic carbocycles. The lowest BCUT2D eigenvalue weighted by atomic mass is 9.90. The molecule has 13 heteroatoms. The average molecular weight is 720 g/mol. The summed E-state index contributed by atoms with van der Waals surface area (Å²) >= 11 is 0. The van der Waals surface area contributed by atoms with E-state index < -0.39 is 47.6 Å². The summed E-state index contributed by atoms with van der Waals surface area (Å²) in [6.45, 7) is 5.03. The minimum absolute atomic E-state index is 0.0247. The van der Waals surface area contributed by atoms with E-state index >= 15 is 0 Å². The maximum Gasteiger partial charge on any atom is 0.333 e. The largest absolute Gasteiger partial charge is 0.461 e. The smallest absolute Gasteiger partial charge is 0.333 e. The topological polar surface area (TPSA) is 182 Å². The molecule has 52 heavy (non-hydrogen) atoms. The van der Waals surface area contributed by atoms with Crippen LogP contribution < -0.4 is 10.6 Å². The third-order valence-electron chi connectivity index (χ3n) is 8.63. The van der Waals surface area contributed by atoms with Gasteiger partial charge in [0.25, 0.3) is 11.8 Å². The molecule has 1 aliphatic heterocycles. The Morgan fingerprint density at radius 3 is 2.08 bits per heavy atom. The van der Waals surface area contributed by atoms with Gasteiger partial charge in [0.05, 0.1) is 12.1 Å². The van der Waals surface area contributed by atoms with E-state index in [9.17, 15) is 38.4 Å². The first-order valence-corrected chi connectivity index (χ1v) is 17.8. The number of rotatable bonds is 22. The Hall–Kier alpha value is -5.20. The molecule has 1 saturated heterocycles. The van der Waals surface area contributed by atoms with E-state index in [0.717, 1.165) is 36.0 Å². The molecule has 0 bridgehead atoms. The number of benzene rings is 2. The number of carbonyl (C=O) groups is 8. The fourth-order valence-corrected chi connectivity index (χ4v) is 5.63. The maximum atomic E-state index is 13.8. The Morgan fingerprint density at radius 1 is 0.788 bits per heavy atom. The van der Waals surface area contributed by atoms with Crippen LogP contribution in [0.3, 0.4) is 0 Å². The van der Waals surface area contributed by atoms with Crippen molar-refractivity contribution in [3.8, 4) is 0 Å². The molecule has 0 unspecified atom stereocenters. The summed E-state index contributed by atoms with van der Waals surface area (Å²) in [7, 11) is 0. The molecule has 0 aliphatic carbocycles. The summed E-state index contributed by atoms with van der Waals surface area (Å²) < 4.78 is 5.03. The zero-order valence-electron chi connectivity index (χ0n) is 30.2. The van der Waals surface area contributed by atoms with Crippen LogP contribution in [0, 0.1) is 5.92 Å². The van der Waals surface area contributed by atoms with Crippen LogP contribution in [0.25, 0.3) is 0 Å². The van der Waals surface area contributed by atoms with Crippen LogP contribution in [0.5, 0.6) is 0 Å². The zero-order valence-corrected chi connectivity index (χ0v) is 30.2. The van der Waals surface area contributed by atoms with Crippen molar-refractivity contribution in [2.75, 3.05) is 0 Å². The second kappa shape index (κ2) is 21.2. The number of nitrogens with zero attached hydrogens (tertiary/aromatic N) is 1. The number of unbranched alkanes of at least 4 members (excludes halogenated alkanes) is 2. The van der Waals surface area contributed by atoms with E-state index in [1.54, 1.807) is 24.3 Å². The lowest BCUT2D eigenvalue weighted by Gasteiger charge is -2.23. The number of nitrogens with one attached hydrogen (secondary N) is 2. The number of carbonyl (C=O) groups excluding carboxylic acids is 8.